The van der Waals surface area contributed by atoms with E-state index in [4.69, 9.17) is 0 Å². The number of anilines is 1. The lowest BCUT2D eigenvalue weighted by Gasteiger charge is -2.10. The lowest BCUT2D eigenvalue weighted by molar-refractivity contribution is 0.630. The van der Waals surface area contributed by atoms with Gasteiger partial charge in [-0.2, -0.15) is 0 Å². The van der Waals surface area contributed by atoms with Crippen LogP contribution in [0.25, 0.3) is 22.6 Å². The van der Waals surface area contributed by atoms with Crippen LogP contribution in [0, 0.1) is 5.82 Å². The number of pyridine rings is 1. The Labute approximate surface area is 133 Å². The summed E-state index contributed by atoms with van der Waals surface area (Å²) in [5, 5.41) is 3.13. The Morgan fingerprint density at radius 3 is 2.61 bits per heavy atom. The first-order chi connectivity index (χ1) is 11.3. The van der Waals surface area contributed by atoms with Crippen LogP contribution in [0.5, 0.6) is 0 Å². The maximum atomic E-state index is 14.1. The fourth-order valence-electron chi connectivity index (χ4n) is 2.15. The lowest BCUT2D eigenvalue weighted by atomic mass is 10.1. The smallest absolute Gasteiger partial charge is 0.162 e. The van der Waals surface area contributed by atoms with Crippen LogP contribution in [-0.4, -0.2) is 21.5 Å². The Kier molecular flexibility index (Phi) is 4.38. The number of hydrogen-bond acceptors (Lipinski definition) is 4. The van der Waals surface area contributed by atoms with Crippen LogP contribution < -0.4 is 5.32 Å². The van der Waals surface area contributed by atoms with Crippen molar-refractivity contribution in [2.45, 2.75) is 0 Å². The zero-order valence-corrected chi connectivity index (χ0v) is 12.4. The van der Waals surface area contributed by atoms with Gasteiger partial charge in [-0.1, -0.05) is 18.2 Å². The maximum Gasteiger partial charge on any atom is 0.162 e. The molecule has 0 unspecified atom stereocenters. The predicted octanol–water partition coefficient (Wildman–Crippen LogP) is 3.94. The van der Waals surface area contributed by atoms with E-state index in [2.05, 4.69) is 26.8 Å². The van der Waals surface area contributed by atoms with E-state index in [0.29, 0.717) is 29.4 Å². The van der Waals surface area contributed by atoms with E-state index < -0.39 is 0 Å². The number of rotatable bonds is 5. The van der Waals surface area contributed by atoms with E-state index >= 15 is 0 Å². The molecule has 5 heteroatoms. The molecular weight excluding hydrogens is 291 g/mol. The number of hydrogen-bond donors (Lipinski definition) is 1. The summed E-state index contributed by atoms with van der Waals surface area (Å²) in [5.74, 6) is 0.811. The van der Waals surface area contributed by atoms with Gasteiger partial charge in [-0.05, 0) is 24.3 Å². The summed E-state index contributed by atoms with van der Waals surface area (Å²) in [4.78, 5) is 13.0. The highest BCUT2D eigenvalue weighted by Crippen LogP contribution is 2.25. The fraction of sp³-hybridized carbons (Fsp3) is 0.0556. The summed E-state index contributed by atoms with van der Waals surface area (Å²) in [7, 11) is 0. The van der Waals surface area contributed by atoms with Crippen LogP contribution in [0.2, 0.25) is 0 Å². The molecule has 114 valence electrons. The van der Waals surface area contributed by atoms with Crippen LogP contribution in [0.3, 0.4) is 0 Å². The Bertz CT molecular complexity index is 818. The van der Waals surface area contributed by atoms with Crippen molar-refractivity contribution in [2.75, 3.05) is 11.9 Å². The molecule has 2 aromatic heterocycles. The minimum atomic E-state index is -0.318. The van der Waals surface area contributed by atoms with Crippen molar-refractivity contribution in [3.05, 3.63) is 73.3 Å². The van der Waals surface area contributed by atoms with Gasteiger partial charge in [-0.3, -0.25) is 4.98 Å². The van der Waals surface area contributed by atoms with Gasteiger partial charge in [0.05, 0.1) is 5.69 Å². The van der Waals surface area contributed by atoms with E-state index in [0.717, 1.165) is 5.56 Å². The molecule has 2 heterocycles. The van der Waals surface area contributed by atoms with Crippen LogP contribution >= 0.6 is 0 Å². The molecule has 0 aliphatic rings. The number of nitrogens with one attached hydrogen (secondary N) is 1. The molecule has 0 fully saturated rings. The molecule has 0 aliphatic carbocycles. The number of nitrogens with zero attached hydrogens (tertiary/aromatic N) is 3. The summed E-state index contributed by atoms with van der Waals surface area (Å²) in [6.45, 7) is 4.24. The highest BCUT2D eigenvalue weighted by atomic mass is 19.1. The van der Waals surface area contributed by atoms with Gasteiger partial charge in [0, 0.05) is 36.1 Å². The third kappa shape index (κ3) is 3.40. The molecule has 3 aromatic rings. The molecule has 4 nitrogen and oxygen atoms in total. The zero-order chi connectivity index (χ0) is 16.1. The van der Waals surface area contributed by atoms with E-state index in [1.165, 1.54) is 6.07 Å². The van der Waals surface area contributed by atoms with Crippen LogP contribution in [0.1, 0.15) is 0 Å². The van der Waals surface area contributed by atoms with Crippen LogP contribution in [-0.2, 0) is 0 Å². The minimum Gasteiger partial charge on any atom is -0.366 e. The topological polar surface area (TPSA) is 50.7 Å². The molecule has 0 bridgehead atoms. The molecule has 0 atom stereocenters. The highest BCUT2D eigenvalue weighted by molar-refractivity contribution is 5.67. The second-order valence-corrected chi connectivity index (χ2v) is 4.85. The Hall–Kier alpha value is -3.08. The second kappa shape index (κ2) is 6.79. The van der Waals surface area contributed by atoms with Gasteiger partial charge in [0.25, 0.3) is 0 Å². The summed E-state index contributed by atoms with van der Waals surface area (Å²) < 4.78 is 14.1. The van der Waals surface area contributed by atoms with Crippen molar-refractivity contribution in [1.29, 1.82) is 0 Å². The zero-order valence-electron chi connectivity index (χ0n) is 12.4. The quantitative estimate of drug-likeness (QED) is 0.725. The minimum absolute atomic E-state index is 0.318. The summed E-state index contributed by atoms with van der Waals surface area (Å²) in [5.41, 5.74) is 1.78. The third-order valence-electron chi connectivity index (χ3n) is 3.24. The van der Waals surface area contributed by atoms with Crippen molar-refractivity contribution < 1.29 is 4.39 Å². The van der Waals surface area contributed by atoms with Crippen LogP contribution in [0.4, 0.5) is 10.2 Å². The molecule has 0 aliphatic heterocycles. The third-order valence-corrected chi connectivity index (χ3v) is 3.24. The van der Waals surface area contributed by atoms with E-state index in [9.17, 15) is 4.39 Å². The number of aromatic nitrogens is 3. The monoisotopic (exact) mass is 306 g/mol. The molecule has 0 radical (unpaired) electrons. The largest absolute Gasteiger partial charge is 0.366 e. The fourth-order valence-corrected chi connectivity index (χ4v) is 2.15. The first kappa shape index (κ1) is 14.8. The molecule has 0 saturated carbocycles. The molecule has 0 amide bonds. The Balaban J connectivity index is 2.12. The molecule has 0 saturated heterocycles. The van der Waals surface area contributed by atoms with Crippen LogP contribution in [0.15, 0.2) is 67.5 Å². The number of benzene rings is 1. The molecule has 23 heavy (non-hydrogen) atoms. The molecular formula is C18H15FN4. The van der Waals surface area contributed by atoms with Gasteiger partial charge in [0.2, 0.25) is 0 Å². The average molecular weight is 306 g/mol. The SMILES string of the molecule is C=CCNc1cc(-c2ccccc2F)nc(-c2ccncc2)n1. The Morgan fingerprint density at radius 2 is 1.87 bits per heavy atom. The van der Waals surface area contributed by atoms with Gasteiger partial charge in [0.15, 0.2) is 5.82 Å². The van der Waals surface area contributed by atoms with Gasteiger partial charge >= 0.3 is 0 Å². The van der Waals surface area contributed by atoms with E-state index in [1.807, 2.05) is 12.1 Å². The number of halogens is 1. The highest BCUT2D eigenvalue weighted by Gasteiger charge is 2.11. The Morgan fingerprint density at radius 1 is 1.09 bits per heavy atom. The maximum absolute atomic E-state index is 14.1. The second-order valence-electron chi connectivity index (χ2n) is 4.85. The van der Waals surface area contributed by atoms with E-state index in [1.54, 1.807) is 42.7 Å². The van der Waals surface area contributed by atoms with Crippen molar-refractivity contribution in [3.8, 4) is 22.6 Å². The summed E-state index contributed by atoms with van der Waals surface area (Å²) >= 11 is 0. The molecule has 1 N–H and O–H groups in total. The predicted molar refractivity (Wildman–Crippen MR) is 89.3 cm³/mol. The van der Waals surface area contributed by atoms with Gasteiger partial charge in [-0.15, -0.1) is 6.58 Å². The average Bonchev–Trinajstić information content (AvgIpc) is 2.61. The summed E-state index contributed by atoms with van der Waals surface area (Å²) in [6.07, 6.45) is 5.08. The van der Waals surface area contributed by atoms with E-state index in [-0.39, 0.29) is 5.82 Å². The lowest BCUT2D eigenvalue weighted by Crippen LogP contribution is -2.03. The van der Waals surface area contributed by atoms with Gasteiger partial charge in [0.1, 0.15) is 11.6 Å². The molecule has 0 spiro atoms. The van der Waals surface area contributed by atoms with Gasteiger partial charge < -0.3 is 5.32 Å². The van der Waals surface area contributed by atoms with Crippen molar-refractivity contribution in [1.82, 2.24) is 15.0 Å². The summed E-state index contributed by atoms with van der Waals surface area (Å²) in [6, 6.07) is 11.9. The van der Waals surface area contributed by atoms with Gasteiger partial charge in [-0.25, -0.2) is 14.4 Å². The molecule has 3 rings (SSSR count). The first-order valence-electron chi connectivity index (χ1n) is 7.17. The van der Waals surface area contributed by atoms with Crippen molar-refractivity contribution in [3.63, 3.8) is 0 Å². The van der Waals surface area contributed by atoms with Crippen molar-refractivity contribution in [2.24, 2.45) is 0 Å². The standard InChI is InChI=1S/C18H15FN4/c1-2-9-21-17-12-16(14-5-3-4-6-15(14)19)22-18(23-17)13-7-10-20-11-8-13/h2-8,10-12H,1,9H2,(H,21,22,23). The first-order valence-corrected chi connectivity index (χ1v) is 7.17. The normalized spacial score (nSPS) is 10.3. The molecule has 1 aromatic carbocycles. The van der Waals surface area contributed by atoms with Crippen molar-refractivity contribution >= 4 is 5.82 Å².